The lowest BCUT2D eigenvalue weighted by Crippen LogP contribution is -2.14. The topological polar surface area (TPSA) is 21.3 Å². The Balaban J connectivity index is 1.74. The summed E-state index contributed by atoms with van der Waals surface area (Å²) in [7, 11) is 0. The van der Waals surface area contributed by atoms with Crippen LogP contribution in [-0.2, 0) is 0 Å². The summed E-state index contributed by atoms with van der Waals surface area (Å²) in [4.78, 5) is 0. The summed E-state index contributed by atoms with van der Waals surface area (Å²) in [6, 6.07) is 11.4. The van der Waals surface area contributed by atoms with Crippen molar-refractivity contribution in [2.75, 3.05) is 18.5 Å². The van der Waals surface area contributed by atoms with Crippen LogP contribution < -0.4 is 10.1 Å². The monoisotopic (exact) mass is 335 g/mol. The number of nitrogens with one attached hydrogen (secondary N) is 1. The van der Waals surface area contributed by atoms with E-state index in [2.05, 4.69) is 27.3 Å². The Hall–Kier alpha value is -1.55. The maximum atomic E-state index is 13.4. The van der Waals surface area contributed by atoms with Crippen molar-refractivity contribution in [3.8, 4) is 5.75 Å². The molecule has 0 radical (unpaired) electrons. The van der Waals surface area contributed by atoms with Gasteiger partial charge in [0.1, 0.15) is 11.6 Å². The summed E-state index contributed by atoms with van der Waals surface area (Å²) in [5.41, 5.74) is 3.08. The van der Waals surface area contributed by atoms with E-state index in [1.54, 1.807) is 6.07 Å². The third kappa shape index (κ3) is 2.52. The Bertz CT molecular complexity index is 644. The van der Waals surface area contributed by atoms with E-state index in [0.717, 1.165) is 23.5 Å². The number of ether oxygens (including phenoxy) is 1. The van der Waals surface area contributed by atoms with Gasteiger partial charge in [0, 0.05) is 23.7 Å². The lowest BCUT2D eigenvalue weighted by Gasteiger charge is -2.14. The third-order valence-corrected chi connectivity index (χ3v) is 4.21. The van der Waals surface area contributed by atoms with Crippen LogP contribution in [0.15, 0.2) is 40.9 Å². The summed E-state index contributed by atoms with van der Waals surface area (Å²) < 4.78 is 19.5. The number of hydrogen-bond acceptors (Lipinski definition) is 2. The van der Waals surface area contributed by atoms with Gasteiger partial charge in [0.25, 0.3) is 0 Å². The molecule has 0 fully saturated rings. The number of para-hydroxylation sites is 1. The molecule has 1 aliphatic rings. The van der Waals surface area contributed by atoms with E-state index in [1.165, 1.54) is 11.6 Å². The molecule has 0 saturated carbocycles. The van der Waals surface area contributed by atoms with E-state index in [0.29, 0.717) is 17.0 Å². The molecule has 2 aromatic rings. The van der Waals surface area contributed by atoms with Crippen molar-refractivity contribution in [2.24, 2.45) is 0 Å². The van der Waals surface area contributed by atoms with Crippen LogP contribution in [0.3, 0.4) is 0 Å². The zero-order chi connectivity index (χ0) is 14.1. The van der Waals surface area contributed by atoms with E-state index in [9.17, 15) is 4.39 Å². The fraction of sp³-hybridized carbons (Fsp3) is 0.250. The average Bonchev–Trinajstić information content (AvgIpc) is 2.85. The molecular weight excluding hydrogens is 321 g/mol. The van der Waals surface area contributed by atoms with Gasteiger partial charge < -0.3 is 10.1 Å². The summed E-state index contributed by atoms with van der Waals surface area (Å²) >= 11 is 3.22. The Kier molecular flexibility index (Phi) is 3.66. The van der Waals surface area contributed by atoms with Crippen molar-refractivity contribution in [3.05, 3.63) is 57.8 Å². The molecule has 1 atom stereocenters. The first kappa shape index (κ1) is 13.4. The Labute approximate surface area is 126 Å². The summed E-state index contributed by atoms with van der Waals surface area (Å²) in [6.45, 7) is 3.36. The van der Waals surface area contributed by atoms with Crippen LogP contribution >= 0.6 is 15.9 Å². The molecule has 0 aliphatic carbocycles. The van der Waals surface area contributed by atoms with E-state index in [-0.39, 0.29) is 5.82 Å². The van der Waals surface area contributed by atoms with E-state index in [4.69, 9.17) is 4.74 Å². The largest absolute Gasteiger partial charge is 0.493 e. The second kappa shape index (κ2) is 5.44. The molecule has 1 N–H and O–H groups in total. The standard InChI is InChI=1S/C16H15BrFNO/c1-10-6-14(18)13(17)7-15(10)19-8-11-9-20-16-5-3-2-4-12(11)16/h2-7,11,19H,8-9H2,1H3. The minimum absolute atomic E-state index is 0.234. The third-order valence-electron chi connectivity index (χ3n) is 3.61. The predicted molar refractivity (Wildman–Crippen MR) is 82.0 cm³/mol. The summed E-state index contributed by atoms with van der Waals surface area (Å²) in [5, 5.41) is 3.39. The molecule has 1 heterocycles. The van der Waals surface area contributed by atoms with Gasteiger partial charge >= 0.3 is 0 Å². The minimum atomic E-state index is -0.234. The van der Waals surface area contributed by atoms with Crippen molar-refractivity contribution in [1.82, 2.24) is 0 Å². The molecule has 3 rings (SSSR count). The zero-order valence-electron chi connectivity index (χ0n) is 11.1. The van der Waals surface area contributed by atoms with Crippen molar-refractivity contribution in [1.29, 1.82) is 0 Å². The molecule has 20 heavy (non-hydrogen) atoms. The zero-order valence-corrected chi connectivity index (χ0v) is 12.7. The molecule has 0 saturated heterocycles. The van der Waals surface area contributed by atoms with Crippen LogP contribution in [0.1, 0.15) is 17.0 Å². The summed E-state index contributed by atoms with van der Waals surface area (Å²) in [6.07, 6.45) is 0. The van der Waals surface area contributed by atoms with Crippen molar-refractivity contribution in [3.63, 3.8) is 0 Å². The Morgan fingerprint density at radius 3 is 3.00 bits per heavy atom. The first-order valence-corrected chi connectivity index (χ1v) is 7.35. The fourth-order valence-electron chi connectivity index (χ4n) is 2.47. The van der Waals surface area contributed by atoms with Gasteiger partial charge in [0.2, 0.25) is 0 Å². The van der Waals surface area contributed by atoms with E-state index < -0.39 is 0 Å². The van der Waals surface area contributed by atoms with Gasteiger partial charge in [-0.15, -0.1) is 0 Å². The van der Waals surface area contributed by atoms with Gasteiger partial charge in [0.05, 0.1) is 11.1 Å². The number of hydrogen-bond donors (Lipinski definition) is 1. The number of benzene rings is 2. The maximum Gasteiger partial charge on any atom is 0.137 e. The van der Waals surface area contributed by atoms with Crippen molar-refractivity contribution >= 4 is 21.6 Å². The normalized spacial score (nSPS) is 16.6. The molecule has 0 amide bonds. The van der Waals surface area contributed by atoms with E-state index in [1.807, 2.05) is 25.1 Å². The number of rotatable bonds is 3. The van der Waals surface area contributed by atoms with Crippen LogP contribution in [0.4, 0.5) is 10.1 Å². The number of aryl methyl sites for hydroxylation is 1. The highest BCUT2D eigenvalue weighted by atomic mass is 79.9. The number of halogens is 2. The SMILES string of the molecule is Cc1cc(F)c(Br)cc1NCC1COc2ccccc21. The number of anilines is 1. The molecule has 0 bridgehead atoms. The second-order valence-electron chi connectivity index (χ2n) is 5.01. The molecule has 104 valence electrons. The molecule has 2 aromatic carbocycles. The number of fused-ring (bicyclic) bond motifs is 1. The first-order valence-electron chi connectivity index (χ1n) is 6.56. The second-order valence-corrected chi connectivity index (χ2v) is 5.86. The van der Waals surface area contributed by atoms with E-state index >= 15 is 0 Å². The van der Waals surface area contributed by atoms with Gasteiger partial charge in [-0.05, 0) is 46.6 Å². The molecular formula is C16H15BrFNO. The molecule has 4 heteroatoms. The molecule has 0 aromatic heterocycles. The molecule has 1 aliphatic heterocycles. The van der Waals surface area contributed by atoms with Crippen LogP contribution in [0.5, 0.6) is 5.75 Å². The highest BCUT2D eigenvalue weighted by molar-refractivity contribution is 9.10. The Morgan fingerprint density at radius 1 is 1.35 bits per heavy atom. The van der Waals surface area contributed by atoms with Gasteiger partial charge in [0.15, 0.2) is 0 Å². The van der Waals surface area contributed by atoms with Gasteiger partial charge in [-0.25, -0.2) is 4.39 Å². The quantitative estimate of drug-likeness (QED) is 0.892. The molecule has 1 unspecified atom stereocenters. The lowest BCUT2D eigenvalue weighted by molar-refractivity contribution is 0.334. The van der Waals surface area contributed by atoms with Crippen LogP contribution in [-0.4, -0.2) is 13.2 Å². The fourth-order valence-corrected chi connectivity index (χ4v) is 2.81. The van der Waals surface area contributed by atoms with Crippen molar-refractivity contribution in [2.45, 2.75) is 12.8 Å². The minimum Gasteiger partial charge on any atom is -0.493 e. The smallest absolute Gasteiger partial charge is 0.137 e. The molecule has 0 spiro atoms. The first-order chi connectivity index (χ1) is 9.65. The van der Waals surface area contributed by atoms with Crippen LogP contribution in [0.25, 0.3) is 0 Å². The van der Waals surface area contributed by atoms with Crippen LogP contribution in [0, 0.1) is 12.7 Å². The van der Waals surface area contributed by atoms with Gasteiger partial charge in [-0.3, -0.25) is 0 Å². The Morgan fingerprint density at radius 2 is 2.15 bits per heavy atom. The lowest BCUT2D eigenvalue weighted by atomic mass is 10.0. The highest BCUT2D eigenvalue weighted by Gasteiger charge is 2.23. The maximum absolute atomic E-state index is 13.4. The summed E-state index contributed by atoms with van der Waals surface area (Å²) in [5.74, 6) is 1.06. The average molecular weight is 336 g/mol. The van der Waals surface area contributed by atoms with Gasteiger partial charge in [-0.2, -0.15) is 0 Å². The molecule has 2 nitrogen and oxygen atoms in total. The van der Waals surface area contributed by atoms with Gasteiger partial charge in [-0.1, -0.05) is 18.2 Å². The predicted octanol–water partition coefficient (Wildman–Crippen LogP) is 4.48. The highest BCUT2D eigenvalue weighted by Crippen LogP contribution is 2.34. The van der Waals surface area contributed by atoms with Crippen LogP contribution in [0.2, 0.25) is 0 Å². The van der Waals surface area contributed by atoms with Crippen molar-refractivity contribution < 1.29 is 9.13 Å².